The van der Waals surface area contributed by atoms with Gasteiger partial charge in [0.1, 0.15) is 11.4 Å². The van der Waals surface area contributed by atoms with Gasteiger partial charge in [-0.15, -0.1) is 0 Å². The number of hydrogen-bond acceptors (Lipinski definition) is 6. The minimum atomic E-state index is -0.128. The predicted octanol–water partition coefficient (Wildman–Crippen LogP) is 6.53. The minimum absolute atomic E-state index is 0.128. The Balaban J connectivity index is 1.52. The Kier molecular flexibility index (Phi) is 10.4. The van der Waals surface area contributed by atoms with Gasteiger partial charge in [0.2, 0.25) is 0 Å². The molecule has 6 nitrogen and oxygen atoms in total. The van der Waals surface area contributed by atoms with E-state index in [4.69, 9.17) is 9.98 Å². The zero-order valence-electron chi connectivity index (χ0n) is 22.0. The van der Waals surface area contributed by atoms with Crippen LogP contribution >= 0.6 is 23.5 Å². The Bertz CT molecular complexity index is 1140. The molecule has 0 fully saturated rings. The molecule has 0 unspecified atom stereocenters. The number of carbonyl (C=O) groups excluding carboxylic acids is 2. The summed E-state index contributed by atoms with van der Waals surface area (Å²) in [5.41, 5.74) is 2.73. The number of rotatable bonds is 11. The van der Waals surface area contributed by atoms with Gasteiger partial charge in [-0.05, 0) is 36.1 Å². The van der Waals surface area contributed by atoms with Crippen molar-refractivity contribution in [3.63, 3.8) is 0 Å². The molecule has 0 spiro atoms. The van der Waals surface area contributed by atoms with Crippen LogP contribution in [0.5, 0.6) is 0 Å². The lowest BCUT2D eigenvalue weighted by Crippen LogP contribution is -2.41. The zero-order chi connectivity index (χ0) is 26.7. The summed E-state index contributed by atoms with van der Waals surface area (Å²) in [7, 11) is 0. The number of benzene rings is 2. The SMILES string of the molecule is CCCCSC1=N/C(=C\c2ccccc2)C(=O)N1CCN1C(=O)/C(=C/c2ccccc2)N=C1SCCCC. The quantitative estimate of drug-likeness (QED) is 0.237. The van der Waals surface area contributed by atoms with Crippen LogP contribution in [0.4, 0.5) is 0 Å². The molecule has 2 aliphatic heterocycles. The fourth-order valence-corrected chi connectivity index (χ4v) is 6.12. The highest BCUT2D eigenvalue weighted by Crippen LogP contribution is 2.27. The first kappa shape index (κ1) is 27.9. The maximum absolute atomic E-state index is 13.4. The summed E-state index contributed by atoms with van der Waals surface area (Å²) in [5.74, 6) is 1.53. The van der Waals surface area contributed by atoms with Crippen LogP contribution < -0.4 is 0 Å². The molecule has 2 aromatic rings. The molecule has 38 heavy (non-hydrogen) atoms. The number of aliphatic imine (C=N–C) groups is 2. The number of amides is 2. The van der Waals surface area contributed by atoms with Gasteiger partial charge < -0.3 is 0 Å². The summed E-state index contributed by atoms with van der Waals surface area (Å²) >= 11 is 3.20. The van der Waals surface area contributed by atoms with E-state index in [0.29, 0.717) is 34.8 Å². The minimum Gasteiger partial charge on any atom is -0.284 e. The molecule has 198 valence electrons. The maximum atomic E-state index is 13.4. The van der Waals surface area contributed by atoms with Gasteiger partial charge >= 0.3 is 0 Å². The third-order valence-electron chi connectivity index (χ3n) is 6.03. The van der Waals surface area contributed by atoms with Gasteiger partial charge in [0, 0.05) is 24.6 Å². The van der Waals surface area contributed by atoms with Crippen LogP contribution in [0.3, 0.4) is 0 Å². The third kappa shape index (κ3) is 7.26. The first-order valence-electron chi connectivity index (χ1n) is 13.2. The Labute approximate surface area is 234 Å². The number of amidine groups is 2. The molecular weight excluding hydrogens is 512 g/mol. The lowest BCUT2D eigenvalue weighted by molar-refractivity contribution is -0.125. The number of carbonyl (C=O) groups is 2. The largest absolute Gasteiger partial charge is 0.284 e. The first-order chi connectivity index (χ1) is 18.6. The molecule has 4 rings (SSSR count). The summed E-state index contributed by atoms with van der Waals surface area (Å²) in [6.07, 6.45) is 7.91. The highest BCUT2D eigenvalue weighted by atomic mass is 32.2. The maximum Gasteiger partial charge on any atom is 0.278 e. The van der Waals surface area contributed by atoms with Gasteiger partial charge in [-0.1, -0.05) is 111 Å². The lowest BCUT2D eigenvalue weighted by atomic mass is 10.2. The molecular formula is C30H34N4O2S2. The second-order valence-electron chi connectivity index (χ2n) is 8.99. The van der Waals surface area contributed by atoms with E-state index in [1.807, 2.05) is 72.8 Å². The van der Waals surface area contributed by atoms with E-state index in [0.717, 1.165) is 48.3 Å². The predicted molar refractivity (Wildman–Crippen MR) is 162 cm³/mol. The first-order valence-corrected chi connectivity index (χ1v) is 15.2. The molecule has 2 amide bonds. The Morgan fingerprint density at radius 1 is 0.658 bits per heavy atom. The molecule has 0 saturated heterocycles. The van der Waals surface area contributed by atoms with E-state index < -0.39 is 0 Å². The molecule has 0 aliphatic carbocycles. The number of unbranched alkanes of at least 4 members (excludes halogenated alkanes) is 2. The van der Waals surface area contributed by atoms with Crippen LogP contribution in [-0.4, -0.2) is 56.5 Å². The molecule has 0 aromatic heterocycles. The molecule has 0 saturated carbocycles. The molecule has 0 N–H and O–H groups in total. The standard InChI is InChI=1S/C30H34N4O2S2/c1-3-5-19-37-29-31-25(21-23-13-9-7-10-14-23)27(35)33(29)17-18-34-28(36)26(22-24-15-11-8-12-16-24)32-30(34)38-20-6-4-2/h7-16,21-22H,3-6,17-20H2,1-2H3/b25-21-,26-22-. The summed E-state index contributed by atoms with van der Waals surface area (Å²) in [4.78, 5) is 39.7. The molecule has 8 heteroatoms. The molecule has 0 atom stereocenters. The average Bonchev–Trinajstić information content (AvgIpc) is 3.39. The van der Waals surface area contributed by atoms with E-state index >= 15 is 0 Å². The highest BCUT2D eigenvalue weighted by molar-refractivity contribution is 8.14. The van der Waals surface area contributed by atoms with Crippen LogP contribution in [0.25, 0.3) is 12.2 Å². The van der Waals surface area contributed by atoms with E-state index in [1.54, 1.807) is 33.3 Å². The van der Waals surface area contributed by atoms with E-state index in [-0.39, 0.29) is 11.8 Å². The van der Waals surface area contributed by atoms with Gasteiger partial charge in [-0.2, -0.15) is 0 Å². The fraction of sp³-hybridized carbons (Fsp3) is 0.333. The summed E-state index contributed by atoms with van der Waals surface area (Å²) in [6, 6.07) is 19.5. The summed E-state index contributed by atoms with van der Waals surface area (Å²) < 4.78 is 0. The molecule has 2 heterocycles. The third-order valence-corrected chi connectivity index (χ3v) is 8.16. The van der Waals surface area contributed by atoms with Crippen molar-refractivity contribution in [1.82, 2.24) is 9.80 Å². The average molecular weight is 547 g/mol. The van der Waals surface area contributed by atoms with Crippen LogP contribution in [-0.2, 0) is 9.59 Å². The van der Waals surface area contributed by atoms with Gasteiger partial charge in [0.15, 0.2) is 10.3 Å². The van der Waals surface area contributed by atoms with Crippen LogP contribution in [0.15, 0.2) is 82.0 Å². The Morgan fingerprint density at radius 3 is 1.42 bits per heavy atom. The van der Waals surface area contributed by atoms with Crippen molar-refractivity contribution in [3.8, 4) is 0 Å². The van der Waals surface area contributed by atoms with Crippen molar-refractivity contribution < 1.29 is 9.59 Å². The van der Waals surface area contributed by atoms with Crippen LogP contribution in [0.1, 0.15) is 50.7 Å². The summed E-state index contributed by atoms with van der Waals surface area (Å²) in [6.45, 7) is 5.02. The highest BCUT2D eigenvalue weighted by Gasteiger charge is 2.34. The van der Waals surface area contributed by atoms with Crippen LogP contribution in [0.2, 0.25) is 0 Å². The Morgan fingerprint density at radius 2 is 1.05 bits per heavy atom. The topological polar surface area (TPSA) is 65.3 Å². The number of nitrogens with zero attached hydrogens (tertiary/aromatic N) is 4. The van der Waals surface area contributed by atoms with Crippen molar-refractivity contribution in [3.05, 3.63) is 83.2 Å². The fourth-order valence-electron chi connectivity index (χ4n) is 3.91. The van der Waals surface area contributed by atoms with E-state index in [9.17, 15) is 9.59 Å². The van der Waals surface area contributed by atoms with Gasteiger partial charge in [-0.25, -0.2) is 9.98 Å². The normalized spacial score (nSPS) is 17.6. The Hall–Kier alpha value is -3.10. The molecule has 0 radical (unpaired) electrons. The van der Waals surface area contributed by atoms with Gasteiger partial charge in [0.25, 0.3) is 11.8 Å². The second kappa shape index (κ2) is 14.2. The van der Waals surface area contributed by atoms with E-state index in [1.165, 1.54) is 0 Å². The number of hydrogen-bond donors (Lipinski definition) is 0. The monoisotopic (exact) mass is 546 g/mol. The van der Waals surface area contributed by atoms with Crippen molar-refractivity contribution in [2.24, 2.45) is 9.98 Å². The zero-order valence-corrected chi connectivity index (χ0v) is 23.6. The van der Waals surface area contributed by atoms with Crippen molar-refractivity contribution in [2.45, 2.75) is 39.5 Å². The van der Waals surface area contributed by atoms with E-state index in [2.05, 4.69) is 13.8 Å². The molecule has 2 aliphatic rings. The van der Waals surface area contributed by atoms with Crippen molar-refractivity contribution in [2.75, 3.05) is 24.6 Å². The van der Waals surface area contributed by atoms with Crippen molar-refractivity contribution in [1.29, 1.82) is 0 Å². The van der Waals surface area contributed by atoms with Crippen LogP contribution in [0, 0.1) is 0 Å². The lowest BCUT2D eigenvalue weighted by Gasteiger charge is -2.23. The smallest absolute Gasteiger partial charge is 0.278 e. The van der Waals surface area contributed by atoms with Crippen molar-refractivity contribution >= 4 is 57.8 Å². The molecule has 2 aromatic carbocycles. The van der Waals surface area contributed by atoms with Gasteiger partial charge in [0.05, 0.1) is 0 Å². The van der Waals surface area contributed by atoms with Gasteiger partial charge in [-0.3, -0.25) is 19.4 Å². The number of thioether (sulfide) groups is 2. The second-order valence-corrected chi connectivity index (χ2v) is 11.1. The molecule has 0 bridgehead atoms. The summed E-state index contributed by atoms with van der Waals surface area (Å²) in [5, 5.41) is 1.41.